The minimum atomic E-state index is -3.69. The molecular formula is C19H19FN2O3S. The van der Waals surface area contributed by atoms with E-state index < -0.39 is 15.8 Å². The van der Waals surface area contributed by atoms with E-state index in [1.54, 1.807) is 6.92 Å². The first-order valence-corrected chi connectivity index (χ1v) is 9.62. The van der Waals surface area contributed by atoms with Gasteiger partial charge in [-0.05, 0) is 50.2 Å². The van der Waals surface area contributed by atoms with E-state index in [1.165, 1.54) is 12.1 Å². The smallest absolute Gasteiger partial charge is 0.240 e. The van der Waals surface area contributed by atoms with E-state index in [0.717, 1.165) is 23.3 Å². The molecule has 0 aliphatic carbocycles. The minimum absolute atomic E-state index is 0.0242. The zero-order valence-electron chi connectivity index (χ0n) is 14.5. The van der Waals surface area contributed by atoms with Crippen molar-refractivity contribution in [1.29, 1.82) is 0 Å². The van der Waals surface area contributed by atoms with Gasteiger partial charge >= 0.3 is 0 Å². The molecule has 0 radical (unpaired) electrons. The second-order valence-corrected chi connectivity index (χ2v) is 7.76. The minimum Gasteiger partial charge on any atom is -0.441 e. The number of hydrogen-bond acceptors (Lipinski definition) is 4. The van der Waals surface area contributed by atoms with E-state index in [9.17, 15) is 12.8 Å². The van der Waals surface area contributed by atoms with Crippen LogP contribution in [0.25, 0.3) is 11.5 Å². The summed E-state index contributed by atoms with van der Waals surface area (Å²) in [7, 11) is -3.69. The number of benzene rings is 2. The number of nitrogens with zero attached hydrogens (tertiary/aromatic N) is 1. The quantitative estimate of drug-likeness (QED) is 0.715. The number of halogens is 1. The van der Waals surface area contributed by atoms with Crippen LogP contribution in [0.2, 0.25) is 0 Å². The second kappa shape index (κ2) is 7.39. The van der Waals surface area contributed by atoms with Crippen LogP contribution in [0.15, 0.2) is 57.8 Å². The van der Waals surface area contributed by atoms with Crippen LogP contribution in [0.3, 0.4) is 0 Å². The molecular weight excluding hydrogens is 355 g/mol. The summed E-state index contributed by atoms with van der Waals surface area (Å²) in [6, 6.07) is 12.5. The predicted octanol–water partition coefficient (Wildman–Crippen LogP) is 3.62. The lowest BCUT2D eigenvalue weighted by atomic mass is 10.1. The van der Waals surface area contributed by atoms with Gasteiger partial charge in [-0.3, -0.25) is 0 Å². The summed E-state index contributed by atoms with van der Waals surface area (Å²) >= 11 is 0. The normalized spacial score (nSPS) is 11.7. The Bertz CT molecular complexity index is 994. The SMILES string of the molecule is Cc1ccc(-c2nc(CCNS(=O)(=O)c3ccc(F)cc3)c(C)o2)cc1. The van der Waals surface area contributed by atoms with E-state index in [0.29, 0.717) is 23.8 Å². The Morgan fingerprint density at radius 2 is 1.69 bits per heavy atom. The Labute approximate surface area is 151 Å². The van der Waals surface area contributed by atoms with Crippen molar-refractivity contribution >= 4 is 10.0 Å². The molecule has 0 spiro atoms. The van der Waals surface area contributed by atoms with Crippen LogP contribution in [0.1, 0.15) is 17.0 Å². The molecule has 0 amide bonds. The fourth-order valence-electron chi connectivity index (χ4n) is 2.48. The highest BCUT2D eigenvalue weighted by molar-refractivity contribution is 7.89. The Morgan fingerprint density at radius 3 is 2.35 bits per heavy atom. The predicted molar refractivity (Wildman–Crippen MR) is 96.7 cm³/mol. The van der Waals surface area contributed by atoms with Crippen LogP contribution >= 0.6 is 0 Å². The van der Waals surface area contributed by atoms with Crippen molar-refractivity contribution in [3.8, 4) is 11.5 Å². The maximum absolute atomic E-state index is 12.9. The van der Waals surface area contributed by atoms with E-state index in [4.69, 9.17) is 4.42 Å². The van der Waals surface area contributed by atoms with Gasteiger partial charge < -0.3 is 4.42 Å². The van der Waals surface area contributed by atoms with Crippen molar-refractivity contribution in [2.75, 3.05) is 6.54 Å². The molecule has 0 saturated carbocycles. The molecule has 3 rings (SSSR count). The van der Waals surface area contributed by atoms with Gasteiger partial charge in [0.15, 0.2) is 0 Å². The number of hydrogen-bond donors (Lipinski definition) is 1. The molecule has 136 valence electrons. The maximum atomic E-state index is 12.9. The molecule has 1 N–H and O–H groups in total. The molecule has 1 aromatic heterocycles. The highest BCUT2D eigenvalue weighted by Crippen LogP contribution is 2.22. The van der Waals surface area contributed by atoms with Gasteiger partial charge in [0.2, 0.25) is 15.9 Å². The maximum Gasteiger partial charge on any atom is 0.240 e. The Balaban J connectivity index is 1.66. The summed E-state index contributed by atoms with van der Waals surface area (Å²) in [6.45, 7) is 3.97. The third kappa shape index (κ3) is 4.17. The van der Waals surface area contributed by atoms with Crippen molar-refractivity contribution in [1.82, 2.24) is 9.71 Å². The van der Waals surface area contributed by atoms with Crippen LogP contribution in [0.5, 0.6) is 0 Å². The molecule has 26 heavy (non-hydrogen) atoms. The standard InChI is InChI=1S/C19H19FN2O3S/c1-13-3-5-15(6-4-13)19-22-18(14(2)25-19)11-12-21-26(23,24)17-9-7-16(20)8-10-17/h3-10,21H,11-12H2,1-2H3. The third-order valence-corrected chi connectivity index (χ3v) is 5.45. The number of oxazole rings is 1. The lowest BCUT2D eigenvalue weighted by molar-refractivity contribution is 0.538. The molecule has 2 aromatic carbocycles. The van der Waals surface area contributed by atoms with Crippen LogP contribution in [0.4, 0.5) is 4.39 Å². The fraction of sp³-hybridized carbons (Fsp3) is 0.211. The summed E-state index contributed by atoms with van der Waals surface area (Å²) in [4.78, 5) is 4.49. The van der Waals surface area contributed by atoms with Gasteiger partial charge in [-0.2, -0.15) is 0 Å². The molecule has 0 atom stereocenters. The molecule has 0 bridgehead atoms. The highest BCUT2D eigenvalue weighted by atomic mass is 32.2. The van der Waals surface area contributed by atoms with Crippen molar-refractivity contribution in [2.45, 2.75) is 25.2 Å². The van der Waals surface area contributed by atoms with Gasteiger partial charge in [0.1, 0.15) is 11.6 Å². The molecule has 0 aliphatic heterocycles. The van der Waals surface area contributed by atoms with Gasteiger partial charge in [0.25, 0.3) is 0 Å². The molecule has 5 nitrogen and oxygen atoms in total. The first-order chi connectivity index (χ1) is 12.3. The zero-order valence-corrected chi connectivity index (χ0v) is 15.3. The van der Waals surface area contributed by atoms with Crippen molar-refractivity contribution in [3.05, 3.63) is 71.4 Å². The van der Waals surface area contributed by atoms with Crippen LogP contribution in [-0.4, -0.2) is 19.9 Å². The third-order valence-electron chi connectivity index (χ3n) is 3.97. The summed E-state index contributed by atoms with van der Waals surface area (Å²) < 4.78 is 45.5. The fourth-order valence-corrected chi connectivity index (χ4v) is 3.51. The number of rotatable bonds is 6. The summed E-state index contributed by atoms with van der Waals surface area (Å²) in [6.07, 6.45) is 0.390. The average molecular weight is 374 g/mol. The monoisotopic (exact) mass is 374 g/mol. The Morgan fingerprint density at radius 1 is 1.04 bits per heavy atom. The molecule has 0 fully saturated rings. The number of sulfonamides is 1. The van der Waals surface area contributed by atoms with Gasteiger partial charge in [-0.15, -0.1) is 0 Å². The number of aryl methyl sites for hydroxylation is 2. The summed E-state index contributed by atoms with van der Waals surface area (Å²) in [5, 5.41) is 0. The second-order valence-electron chi connectivity index (χ2n) is 5.99. The van der Waals surface area contributed by atoms with E-state index in [1.807, 2.05) is 31.2 Å². The molecule has 1 heterocycles. The van der Waals surface area contributed by atoms with Crippen molar-refractivity contribution in [3.63, 3.8) is 0 Å². The van der Waals surface area contributed by atoms with Crippen LogP contribution in [-0.2, 0) is 16.4 Å². The van der Waals surface area contributed by atoms with Crippen LogP contribution < -0.4 is 4.72 Å². The lowest BCUT2D eigenvalue weighted by Crippen LogP contribution is -2.26. The zero-order chi connectivity index (χ0) is 18.7. The first kappa shape index (κ1) is 18.3. The van der Waals surface area contributed by atoms with Crippen molar-refractivity contribution in [2.24, 2.45) is 0 Å². The Kier molecular flexibility index (Phi) is 5.20. The van der Waals surface area contributed by atoms with Gasteiger partial charge in [0.05, 0.1) is 10.6 Å². The van der Waals surface area contributed by atoms with E-state index in [-0.39, 0.29) is 11.4 Å². The lowest BCUT2D eigenvalue weighted by Gasteiger charge is -2.05. The first-order valence-electron chi connectivity index (χ1n) is 8.14. The van der Waals surface area contributed by atoms with Gasteiger partial charge in [-0.1, -0.05) is 17.7 Å². The molecule has 3 aromatic rings. The molecule has 0 aliphatic rings. The van der Waals surface area contributed by atoms with Gasteiger partial charge in [-0.25, -0.2) is 22.5 Å². The van der Waals surface area contributed by atoms with Gasteiger partial charge in [0, 0.05) is 18.5 Å². The van der Waals surface area contributed by atoms with E-state index in [2.05, 4.69) is 9.71 Å². The topological polar surface area (TPSA) is 72.2 Å². The largest absolute Gasteiger partial charge is 0.441 e. The number of nitrogens with one attached hydrogen (secondary N) is 1. The Hall–Kier alpha value is -2.51. The molecule has 0 saturated heterocycles. The highest BCUT2D eigenvalue weighted by Gasteiger charge is 2.15. The van der Waals surface area contributed by atoms with E-state index >= 15 is 0 Å². The summed E-state index contributed by atoms with van der Waals surface area (Å²) in [5.41, 5.74) is 2.71. The summed E-state index contributed by atoms with van der Waals surface area (Å²) in [5.74, 6) is 0.686. The van der Waals surface area contributed by atoms with Crippen molar-refractivity contribution < 1.29 is 17.2 Å². The number of aromatic nitrogens is 1. The molecule has 7 heteroatoms. The molecule has 0 unspecified atom stereocenters. The van der Waals surface area contributed by atoms with Crippen LogP contribution in [0, 0.1) is 19.7 Å². The average Bonchev–Trinajstić information content (AvgIpc) is 2.97.